The summed E-state index contributed by atoms with van der Waals surface area (Å²) in [6.45, 7) is 2.82. The lowest BCUT2D eigenvalue weighted by Gasteiger charge is -2.31. The topological polar surface area (TPSA) is 58.4 Å². The Morgan fingerprint density at radius 1 is 1.53 bits per heavy atom. The largest absolute Gasteiger partial charge is 0.374 e. The van der Waals surface area contributed by atoms with E-state index in [-0.39, 0.29) is 11.9 Å². The van der Waals surface area contributed by atoms with Crippen LogP contribution in [0.5, 0.6) is 0 Å². The number of carbonyl (C=O) groups is 1. The molecule has 1 unspecified atom stereocenters. The third kappa shape index (κ3) is 1.94. The summed E-state index contributed by atoms with van der Waals surface area (Å²) in [5.41, 5.74) is 7.65. The van der Waals surface area contributed by atoms with E-state index in [1.165, 1.54) is 0 Å². The van der Waals surface area contributed by atoms with Crippen molar-refractivity contribution in [2.45, 2.75) is 13.0 Å². The van der Waals surface area contributed by atoms with Gasteiger partial charge in [-0.25, -0.2) is 0 Å². The van der Waals surface area contributed by atoms with Gasteiger partial charge in [-0.1, -0.05) is 12.1 Å². The summed E-state index contributed by atoms with van der Waals surface area (Å²) in [6, 6.07) is 7.76. The zero-order valence-corrected chi connectivity index (χ0v) is 8.73. The minimum absolute atomic E-state index is 0.0138. The van der Waals surface area contributed by atoms with E-state index >= 15 is 0 Å². The first-order valence-corrected chi connectivity index (χ1v) is 5.07. The lowest BCUT2D eigenvalue weighted by atomic mass is 10.1. The van der Waals surface area contributed by atoms with Crippen molar-refractivity contribution >= 4 is 17.3 Å². The second-order valence-electron chi connectivity index (χ2n) is 3.85. The van der Waals surface area contributed by atoms with Gasteiger partial charge in [-0.2, -0.15) is 0 Å². The molecular formula is C11H15N3O. The van der Waals surface area contributed by atoms with Crippen molar-refractivity contribution in [3.8, 4) is 0 Å². The second-order valence-corrected chi connectivity index (χ2v) is 3.85. The highest BCUT2D eigenvalue weighted by atomic mass is 16.2. The Morgan fingerprint density at radius 3 is 3.00 bits per heavy atom. The summed E-state index contributed by atoms with van der Waals surface area (Å²) in [7, 11) is 0. The summed E-state index contributed by atoms with van der Waals surface area (Å²) in [6.07, 6.45) is 0. The van der Waals surface area contributed by atoms with Crippen LogP contribution in [0.15, 0.2) is 24.3 Å². The predicted molar refractivity (Wildman–Crippen MR) is 60.9 cm³/mol. The van der Waals surface area contributed by atoms with Crippen molar-refractivity contribution in [1.82, 2.24) is 0 Å². The smallest absolute Gasteiger partial charge is 0.246 e. The van der Waals surface area contributed by atoms with Crippen LogP contribution in [0.25, 0.3) is 0 Å². The first kappa shape index (κ1) is 9.98. The van der Waals surface area contributed by atoms with Crippen molar-refractivity contribution in [2.24, 2.45) is 5.73 Å². The molecular weight excluding hydrogens is 190 g/mol. The lowest BCUT2D eigenvalue weighted by Crippen LogP contribution is -2.45. The Morgan fingerprint density at radius 2 is 2.27 bits per heavy atom. The SMILES string of the molecule is CC(N)CN1C(=O)CNc2ccccc21. The van der Waals surface area contributed by atoms with Gasteiger partial charge in [-0.15, -0.1) is 0 Å². The van der Waals surface area contributed by atoms with Crippen LogP contribution in [0.3, 0.4) is 0 Å². The maximum atomic E-state index is 11.7. The maximum absolute atomic E-state index is 11.7. The molecule has 3 N–H and O–H groups in total. The number of fused-ring (bicyclic) bond motifs is 1. The minimum atomic E-state index is -0.0138. The van der Waals surface area contributed by atoms with Gasteiger partial charge < -0.3 is 16.0 Å². The number of carbonyl (C=O) groups excluding carboxylic acids is 1. The Hall–Kier alpha value is -1.55. The highest BCUT2D eigenvalue weighted by Crippen LogP contribution is 2.28. The molecule has 0 fully saturated rings. The molecule has 15 heavy (non-hydrogen) atoms. The number of anilines is 2. The van der Waals surface area contributed by atoms with Crippen LogP contribution in [-0.4, -0.2) is 25.0 Å². The quantitative estimate of drug-likeness (QED) is 0.750. The van der Waals surface area contributed by atoms with Crippen LogP contribution < -0.4 is 16.0 Å². The Kier molecular flexibility index (Phi) is 2.60. The molecule has 0 bridgehead atoms. The molecule has 1 aliphatic rings. The number of benzene rings is 1. The van der Waals surface area contributed by atoms with Gasteiger partial charge in [0, 0.05) is 12.6 Å². The average Bonchev–Trinajstić information content (AvgIpc) is 2.22. The molecule has 0 saturated heterocycles. The van der Waals surface area contributed by atoms with Gasteiger partial charge >= 0.3 is 0 Å². The van der Waals surface area contributed by atoms with Gasteiger partial charge in [-0.05, 0) is 19.1 Å². The van der Waals surface area contributed by atoms with Gasteiger partial charge in [0.15, 0.2) is 0 Å². The van der Waals surface area contributed by atoms with Crippen molar-refractivity contribution in [2.75, 3.05) is 23.3 Å². The molecule has 0 aromatic heterocycles. The van der Waals surface area contributed by atoms with Crippen LogP contribution >= 0.6 is 0 Å². The summed E-state index contributed by atoms with van der Waals surface area (Å²) in [4.78, 5) is 13.4. The van der Waals surface area contributed by atoms with Gasteiger partial charge in [-0.3, -0.25) is 4.79 Å². The van der Waals surface area contributed by atoms with Gasteiger partial charge in [0.2, 0.25) is 5.91 Å². The molecule has 2 rings (SSSR count). The predicted octanol–water partition coefficient (Wildman–Crippen LogP) is 0.792. The molecule has 1 heterocycles. The Bertz CT molecular complexity index is 376. The van der Waals surface area contributed by atoms with E-state index in [0.29, 0.717) is 13.1 Å². The van der Waals surface area contributed by atoms with Crippen LogP contribution in [0.1, 0.15) is 6.92 Å². The van der Waals surface area contributed by atoms with E-state index in [9.17, 15) is 4.79 Å². The van der Waals surface area contributed by atoms with E-state index in [0.717, 1.165) is 11.4 Å². The van der Waals surface area contributed by atoms with E-state index in [4.69, 9.17) is 5.73 Å². The molecule has 0 aliphatic carbocycles. The fourth-order valence-electron chi connectivity index (χ4n) is 1.75. The molecule has 1 atom stereocenters. The normalized spacial score (nSPS) is 16.9. The standard InChI is InChI=1S/C11H15N3O/c1-8(12)7-14-10-5-3-2-4-9(10)13-6-11(14)15/h2-5,8,13H,6-7,12H2,1H3. The molecule has 1 aliphatic heterocycles. The van der Waals surface area contributed by atoms with Crippen molar-refractivity contribution < 1.29 is 4.79 Å². The second kappa shape index (κ2) is 3.90. The molecule has 80 valence electrons. The molecule has 0 saturated carbocycles. The molecule has 1 aromatic rings. The number of nitrogens with zero attached hydrogens (tertiary/aromatic N) is 1. The first-order chi connectivity index (χ1) is 7.18. The molecule has 1 aromatic carbocycles. The highest BCUT2D eigenvalue weighted by Gasteiger charge is 2.23. The molecule has 4 nitrogen and oxygen atoms in total. The van der Waals surface area contributed by atoms with Crippen LogP contribution in [0.4, 0.5) is 11.4 Å². The number of nitrogens with two attached hydrogens (primary N) is 1. The third-order valence-corrected chi connectivity index (χ3v) is 2.40. The summed E-state index contributed by atoms with van der Waals surface area (Å²) >= 11 is 0. The highest BCUT2D eigenvalue weighted by molar-refractivity contribution is 6.02. The van der Waals surface area contributed by atoms with Crippen LogP contribution in [0, 0.1) is 0 Å². The maximum Gasteiger partial charge on any atom is 0.246 e. The monoisotopic (exact) mass is 205 g/mol. The van der Waals surface area contributed by atoms with Crippen LogP contribution in [0.2, 0.25) is 0 Å². The summed E-state index contributed by atoms with van der Waals surface area (Å²) in [5, 5.41) is 3.08. The average molecular weight is 205 g/mol. The van der Waals surface area contributed by atoms with E-state index < -0.39 is 0 Å². The van der Waals surface area contributed by atoms with Crippen LogP contribution in [-0.2, 0) is 4.79 Å². The van der Waals surface area contributed by atoms with Crippen molar-refractivity contribution in [3.05, 3.63) is 24.3 Å². The number of amides is 1. The van der Waals surface area contributed by atoms with E-state index in [2.05, 4.69) is 5.32 Å². The number of nitrogens with one attached hydrogen (secondary N) is 1. The fraction of sp³-hybridized carbons (Fsp3) is 0.364. The van der Waals surface area contributed by atoms with Gasteiger partial charge in [0.1, 0.15) is 0 Å². The molecule has 4 heteroatoms. The Labute approximate surface area is 89.1 Å². The fourth-order valence-corrected chi connectivity index (χ4v) is 1.75. The molecule has 1 amide bonds. The summed E-state index contributed by atoms with van der Waals surface area (Å²) < 4.78 is 0. The Balaban J connectivity index is 2.33. The molecule has 0 radical (unpaired) electrons. The van der Waals surface area contributed by atoms with E-state index in [1.807, 2.05) is 31.2 Å². The third-order valence-electron chi connectivity index (χ3n) is 2.40. The van der Waals surface area contributed by atoms with Gasteiger partial charge in [0.05, 0.1) is 17.9 Å². The lowest BCUT2D eigenvalue weighted by molar-refractivity contribution is -0.117. The minimum Gasteiger partial charge on any atom is -0.374 e. The first-order valence-electron chi connectivity index (χ1n) is 5.07. The van der Waals surface area contributed by atoms with E-state index in [1.54, 1.807) is 4.90 Å². The summed E-state index contributed by atoms with van der Waals surface area (Å²) in [5.74, 6) is 0.0750. The number of hydrogen-bond donors (Lipinski definition) is 2. The van der Waals surface area contributed by atoms with Crippen molar-refractivity contribution in [1.29, 1.82) is 0 Å². The molecule has 0 spiro atoms. The zero-order chi connectivity index (χ0) is 10.8. The van der Waals surface area contributed by atoms with Crippen molar-refractivity contribution in [3.63, 3.8) is 0 Å². The van der Waals surface area contributed by atoms with Gasteiger partial charge in [0.25, 0.3) is 0 Å². The number of para-hydroxylation sites is 2. The zero-order valence-electron chi connectivity index (χ0n) is 8.73. The number of hydrogen-bond acceptors (Lipinski definition) is 3. The number of rotatable bonds is 2.